The van der Waals surface area contributed by atoms with Crippen molar-refractivity contribution < 1.29 is 4.74 Å². The lowest BCUT2D eigenvalue weighted by atomic mass is 10.2. The number of nitriles is 1. The Kier molecular flexibility index (Phi) is 3.25. The van der Waals surface area contributed by atoms with Gasteiger partial charge in [-0.15, -0.1) is 0 Å². The fourth-order valence-corrected chi connectivity index (χ4v) is 2.47. The molecule has 1 atom stereocenters. The van der Waals surface area contributed by atoms with Gasteiger partial charge >= 0.3 is 0 Å². The third-order valence-corrected chi connectivity index (χ3v) is 3.55. The first-order valence-corrected chi connectivity index (χ1v) is 6.72. The van der Waals surface area contributed by atoms with Gasteiger partial charge in [-0.3, -0.25) is 0 Å². The lowest BCUT2D eigenvalue weighted by Gasteiger charge is -2.34. The molecule has 5 nitrogen and oxygen atoms in total. The van der Waals surface area contributed by atoms with Crippen LogP contribution in [0.3, 0.4) is 0 Å². The van der Waals surface area contributed by atoms with Crippen LogP contribution in [-0.2, 0) is 4.74 Å². The Bertz CT molecular complexity index is 692. The summed E-state index contributed by atoms with van der Waals surface area (Å²) in [6, 6.07) is 8.29. The van der Waals surface area contributed by atoms with Crippen LogP contribution >= 0.6 is 0 Å². The highest BCUT2D eigenvalue weighted by Crippen LogP contribution is 2.23. The Morgan fingerprint density at radius 2 is 2.20 bits per heavy atom. The van der Waals surface area contributed by atoms with Crippen LogP contribution in [0.5, 0.6) is 0 Å². The van der Waals surface area contributed by atoms with E-state index in [1.807, 2.05) is 25.1 Å². The van der Waals surface area contributed by atoms with Crippen LogP contribution in [0.25, 0.3) is 11.0 Å². The molecule has 1 fully saturated rings. The summed E-state index contributed by atoms with van der Waals surface area (Å²) in [7, 11) is 0. The molecule has 0 saturated carbocycles. The van der Waals surface area contributed by atoms with Crippen LogP contribution < -0.4 is 4.90 Å². The summed E-state index contributed by atoms with van der Waals surface area (Å²) < 4.78 is 5.44. The van der Waals surface area contributed by atoms with Crippen molar-refractivity contribution >= 4 is 16.9 Å². The van der Waals surface area contributed by atoms with Gasteiger partial charge < -0.3 is 9.64 Å². The summed E-state index contributed by atoms with van der Waals surface area (Å²) in [6.45, 7) is 6.12. The zero-order valence-electron chi connectivity index (χ0n) is 11.6. The number of aryl methyl sites for hydroxylation is 1. The lowest BCUT2D eigenvalue weighted by molar-refractivity contribution is 0.0985. The van der Waals surface area contributed by atoms with Crippen molar-refractivity contribution in [3.05, 3.63) is 29.5 Å². The summed E-state index contributed by atoms with van der Waals surface area (Å²) in [5.41, 5.74) is 3.09. The van der Waals surface area contributed by atoms with Crippen LogP contribution in [-0.4, -0.2) is 35.8 Å². The minimum Gasteiger partial charge on any atom is -0.377 e. The highest BCUT2D eigenvalue weighted by atomic mass is 16.5. The van der Waals surface area contributed by atoms with E-state index >= 15 is 0 Å². The monoisotopic (exact) mass is 268 g/mol. The number of rotatable bonds is 1. The maximum absolute atomic E-state index is 9.35. The summed E-state index contributed by atoms with van der Waals surface area (Å²) >= 11 is 0. The van der Waals surface area contributed by atoms with E-state index in [9.17, 15) is 5.26 Å². The van der Waals surface area contributed by atoms with Gasteiger partial charge in [0.2, 0.25) is 0 Å². The maximum Gasteiger partial charge on any atom is 0.183 e. The highest BCUT2D eigenvalue weighted by molar-refractivity contribution is 5.78. The molecule has 0 radical (unpaired) electrons. The minimum absolute atomic E-state index is 0.202. The predicted molar refractivity (Wildman–Crippen MR) is 76.6 cm³/mol. The number of ether oxygens (including phenoxy) is 1. The second kappa shape index (κ2) is 5.06. The standard InChI is InChI=1S/C15H16N4O/c1-10-3-4-12-13(7-10)17-14(8-16)15(18-12)19-5-6-20-9-11(19)2/h3-4,7,11H,5-6,9H2,1-2H3/t11-/m0/s1. The summed E-state index contributed by atoms with van der Waals surface area (Å²) in [6.07, 6.45) is 0. The average Bonchev–Trinajstić information content (AvgIpc) is 2.46. The number of morpholine rings is 1. The van der Waals surface area contributed by atoms with Crippen LogP contribution in [0.4, 0.5) is 5.82 Å². The molecule has 3 rings (SSSR count). The number of hydrogen-bond acceptors (Lipinski definition) is 5. The lowest BCUT2D eigenvalue weighted by Crippen LogP contribution is -2.44. The molecule has 0 bridgehead atoms. The van der Waals surface area contributed by atoms with E-state index < -0.39 is 0 Å². The Labute approximate surface area is 117 Å². The SMILES string of the molecule is Cc1ccc2nc(N3CCOC[C@@H]3C)c(C#N)nc2c1. The number of nitrogens with zero attached hydrogens (tertiary/aromatic N) is 4. The van der Waals surface area contributed by atoms with Crippen molar-refractivity contribution in [3.63, 3.8) is 0 Å². The molecule has 1 aromatic carbocycles. The first-order chi connectivity index (χ1) is 9.69. The smallest absolute Gasteiger partial charge is 0.183 e. The molecule has 2 aromatic rings. The first kappa shape index (κ1) is 12.8. The Morgan fingerprint density at radius 1 is 1.35 bits per heavy atom. The molecule has 0 aliphatic carbocycles. The summed E-state index contributed by atoms with van der Waals surface area (Å²) in [5.74, 6) is 0.666. The molecular weight excluding hydrogens is 252 g/mol. The molecule has 0 unspecified atom stereocenters. The van der Waals surface area contributed by atoms with Crippen LogP contribution in [0.1, 0.15) is 18.2 Å². The molecular formula is C15H16N4O. The average molecular weight is 268 g/mol. The van der Waals surface area contributed by atoms with Gasteiger partial charge in [0.15, 0.2) is 11.5 Å². The van der Waals surface area contributed by atoms with Gasteiger partial charge in [-0.1, -0.05) is 6.07 Å². The number of fused-ring (bicyclic) bond motifs is 1. The molecule has 102 valence electrons. The van der Waals surface area contributed by atoms with Crippen molar-refractivity contribution in [2.75, 3.05) is 24.7 Å². The number of aromatic nitrogens is 2. The normalized spacial score (nSPS) is 19.1. The van der Waals surface area contributed by atoms with Gasteiger partial charge in [-0.2, -0.15) is 5.26 Å². The molecule has 0 amide bonds. The van der Waals surface area contributed by atoms with Gasteiger partial charge in [-0.05, 0) is 31.5 Å². The van der Waals surface area contributed by atoms with Gasteiger partial charge in [0.05, 0.1) is 30.3 Å². The molecule has 2 heterocycles. The van der Waals surface area contributed by atoms with E-state index in [0.29, 0.717) is 24.7 Å². The quantitative estimate of drug-likeness (QED) is 0.792. The summed E-state index contributed by atoms with van der Waals surface area (Å²) in [5, 5.41) is 9.35. The fraction of sp³-hybridized carbons (Fsp3) is 0.400. The molecule has 1 saturated heterocycles. The van der Waals surface area contributed by atoms with Crippen molar-refractivity contribution in [1.82, 2.24) is 9.97 Å². The minimum atomic E-state index is 0.202. The van der Waals surface area contributed by atoms with Gasteiger partial charge in [-0.25, -0.2) is 9.97 Å². The third kappa shape index (κ3) is 2.19. The first-order valence-electron chi connectivity index (χ1n) is 6.72. The number of hydrogen-bond donors (Lipinski definition) is 0. The highest BCUT2D eigenvalue weighted by Gasteiger charge is 2.24. The summed E-state index contributed by atoms with van der Waals surface area (Å²) in [4.78, 5) is 11.2. The van der Waals surface area contributed by atoms with Gasteiger partial charge in [0.25, 0.3) is 0 Å². The Morgan fingerprint density at radius 3 is 2.95 bits per heavy atom. The predicted octanol–water partition coefficient (Wildman–Crippen LogP) is 2.03. The molecule has 20 heavy (non-hydrogen) atoms. The number of benzene rings is 1. The Balaban J connectivity index is 2.14. The van der Waals surface area contributed by atoms with Crippen LogP contribution in [0.2, 0.25) is 0 Å². The van der Waals surface area contributed by atoms with Crippen molar-refractivity contribution in [2.45, 2.75) is 19.9 Å². The largest absolute Gasteiger partial charge is 0.377 e. The second-order valence-electron chi connectivity index (χ2n) is 5.12. The van der Waals surface area contributed by atoms with E-state index in [1.165, 1.54) is 0 Å². The number of anilines is 1. The molecule has 1 aliphatic rings. The van der Waals surface area contributed by atoms with E-state index in [4.69, 9.17) is 4.74 Å². The van der Waals surface area contributed by atoms with Crippen LogP contribution in [0, 0.1) is 18.3 Å². The molecule has 1 aromatic heterocycles. The molecule has 5 heteroatoms. The molecule has 0 N–H and O–H groups in total. The van der Waals surface area contributed by atoms with E-state index in [1.54, 1.807) is 0 Å². The zero-order chi connectivity index (χ0) is 14.1. The van der Waals surface area contributed by atoms with Gasteiger partial charge in [0.1, 0.15) is 6.07 Å². The van der Waals surface area contributed by atoms with Crippen LogP contribution in [0.15, 0.2) is 18.2 Å². The van der Waals surface area contributed by atoms with Crippen molar-refractivity contribution in [3.8, 4) is 6.07 Å². The van der Waals surface area contributed by atoms with E-state index in [2.05, 4.69) is 27.9 Å². The molecule has 0 spiro atoms. The zero-order valence-corrected chi connectivity index (χ0v) is 11.6. The fourth-order valence-electron chi connectivity index (χ4n) is 2.47. The van der Waals surface area contributed by atoms with E-state index in [0.717, 1.165) is 23.1 Å². The topological polar surface area (TPSA) is 62.0 Å². The Hall–Kier alpha value is -2.19. The molecule has 1 aliphatic heterocycles. The second-order valence-corrected chi connectivity index (χ2v) is 5.12. The van der Waals surface area contributed by atoms with E-state index in [-0.39, 0.29) is 6.04 Å². The third-order valence-electron chi connectivity index (χ3n) is 3.55. The van der Waals surface area contributed by atoms with Crippen molar-refractivity contribution in [2.24, 2.45) is 0 Å². The van der Waals surface area contributed by atoms with Gasteiger partial charge in [0, 0.05) is 6.54 Å². The van der Waals surface area contributed by atoms with Crippen molar-refractivity contribution in [1.29, 1.82) is 5.26 Å². The maximum atomic E-state index is 9.35.